The Labute approximate surface area is 365 Å². The number of carbonyl (C=O) groups is 3. The number of rotatable bonds is 26. The van der Waals surface area contributed by atoms with Crippen molar-refractivity contribution in [2.45, 2.75) is 122 Å². The van der Waals surface area contributed by atoms with Gasteiger partial charge >= 0.3 is 18.0 Å². The number of nitrogens with one attached hydrogen (secondary N) is 3. The molecule has 20 heteroatoms. The van der Waals surface area contributed by atoms with Gasteiger partial charge in [-0.1, -0.05) is 52.7 Å². The molecule has 0 unspecified atom stereocenters. The topological polar surface area (TPSA) is 243 Å². The van der Waals surface area contributed by atoms with Crippen LogP contribution in [0.3, 0.4) is 0 Å². The summed E-state index contributed by atoms with van der Waals surface area (Å²) < 4.78 is 77.2. The van der Waals surface area contributed by atoms with Crippen molar-refractivity contribution >= 4 is 41.2 Å². The van der Waals surface area contributed by atoms with Crippen molar-refractivity contribution in [2.75, 3.05) is 51.6 Å². The second-order valence-electron chi connectivity index (χ2n) is 16.2. The van der Waals surface area contributed by atoms with E-state index in [4.69, 9.17) is 34.2 Å². The minimum atomic E-state index is -4.25. The van der Waals surface area contributed by atoms with Crippen LogP contribution in [0.15, 0.2) is 53.4 Å². The SMILES string of the molecule is CCCCOC(=O)[C@H](C)NP(=O)(COc1ccc(S(=O)(=O)N(CC(C)C)C[C@@H](O)[C@H](Cc2ccc(N)cc2)NC(=O)O[C@H]2CO[C@H]3OCC[C@H]32)cc1)N[C@@H](C)C(=O)OCCCC. The van der Waals surface area contributed by atoms with Crippen LogP contribution < -0.4 is 26.0 Å². The first-order valence-corrected chi connectivity index (χ1v) is 24.7. The standard InChI is InChI=1S/C42H66N5O13PS/c1-7-9-20-55-39(49)29(5)45-61(52,46-30(6)40(50)56-21-10-8-2)27-59-33-15-17-34(18-16-33)62(53,54)47(24-28(3)4)25-37(48)36(23-31-11-13-32(43)14-12-31)44-42(51)60-38-26-58-41-35(38)19-22-57-41/h11-18,28-30,35-38,41,48H,7-10,19-27,43H2,1-6H3,(H,44,51)(H2,45,46,52)/t29-,30-,35-,36-,37+,38-,41+/m0/s1. The van der Waals surface area contributed by atoms with E-state index in [2.05, 4.69) is 15.5 Å². The molecule has 2 aliphatic rings. The number of alkyl carbamates (subject to hydrolysis) is 1. The first-order chi connectivity index (χ1) is 29.4. The molecule has 2 aliphatic heterocycles. The third-order valence-electron chi connectivity index (χ3n) is 10.3. The van der Waals surface area contributed by atoms with Crippen LogP contribution in [0.2, 0.25) is 0 Å². The molecule has 7 atom stereocenters. The fourth-order valence-corrected chi connectivity index (χ4v) is 10.5. The maximum absolute atomic E-state index is 14.2. The molecule has 0 bridgehead atoms. The Morgan fingerprint density at radius 2 is 1.50 bits per heavy atom. The van der Waals surface area contributed by atoms with Gasteiger partial charge in [0.2, 0.25) is 17.5 Å². The normalized spacial score (nSPS) is 19.7. The number of esters is 2. The van der Waals surface area contributed by atoms with Crippen molar-refractivity contribution in [2.24, 2.45) is 11.8 Å². The van der Waals surface area contributed by atoms with Crippen molar-refractivity contribution in [3.63, 3.8) is 0 Å². The van der Waals surface area contributed by atoms with Crippen LogP contribution in [-0.2, 0) is 54.3 Å². The molecule has 6 N–H and O–H groups in total. The van der Waals surface area contributed by atoms with E-state index in [1.54, 1.807) is 24.3 Å². The lowest BCUT2D eigenvalue weighted by atomic mass is 10.0. The van der Waals surface area contributed by atoms with Gasteiger partial charge in [-0.2, -0.15) is 4.31 Å². The molecule has 0 radical (unpaired) electrons. The predicted molar refractivity (Wildman–Crippen MR) is 232 cm³/mol. The average molecular weight is 912 g/mol. The molecule has 1 amide bonds. The van der Waals surface area contributed by atoms with Crippen molar-refractivity contribution in [1.82, 2.24) is 19.8 Å². The summed E-state index contributed by atoms with van der Waals surface area (Å²) in [5, 5.41) is 20.0. The van der Waals surface area contributed by atoms with Crippen LogP contribution in [0.5, 0.6) is 5.75 Å². The number of nitrogens with zero attached hydrogens (tertiary/aromatic N) is 1. The molecule has 0 saturated carbocycles. The Balaban J connectivity index is 1.49. The molecule has 2 aromatic carbocycles. The molecule has 18 nitrogen and oxygen atoms in total. The van der Waals surface area contributed by atoms with Gasteiger partial charge < -0.3 is 44.6 Å². The number of hydrogen-bond acceptors (Lipinski definition) is 14. The maximum atomic E-state index is 14.2. The van der Waals surface area contributed by atoms with Gasteiger partial charge in [-0.15, -0.1) is 0 Å². The van der Waals surface area contributed by atoms with Crippen LogP contribution in [0, 0.1) is 11.8 Å². The van der Waals surface area contributed by atoms with Crippen LogP contribution in [0.4, 0.5) is 10.5 Å². The minimum absolute atomic E-state index is 0.0395. The lowest BCUT2D eigenvalue weighted by Gasteiger charge is -2.31. The van der Waals surface area contributed by atoms with Crippen molar-refractivity contribution < 1.29 is 60.9 Å². The highest BCUT2D eigenvalue weighted by atomic mass is 32.2. The number of unbranched alkanes of at least 4 members (excludes halogenated alkanes) is 2. The van der Waals surface area contributed by atoms with Gasteiger partial charge in [0, 0.05) is 18.8 Å². The van der Waals surface area contributed by atoms with E-state index in [0.717, 1.165) is 22.7 Å². The highest BCUT2D eigenvalue weighted by Gasteiger charge is 2.44. The number of benzene rings is 2. The number of nitrogen functional groups attached to an aromatic ring is 1. The second kappa shape index (κ2) is 24.3. The van der Waals surface area contributed by atoms with Gasteiger partial charge in [-0.05, 0) is 87.4 Å². The number of ether oxygens (including phenoxy) is 6. The third kappa shape index (κ3) is 15.5. The Morgan fingerprint density at radius 1 is 0.903 bits per heavy atom. The Hall–Kier alpha value is -3.81. The van der Waals surface area contributed by atoms with Gasteiger partial charge in [0.1, 0.15) is 23.9 Å². The molecule has 348 valence electrons. The number of nitrogens with two attached hydrogens (primary N) is 1. The summed E-state index contributed by atoms with van der Waals surface area (Å²) in [6.07, 6.45) is 0.0999. The number of amides is 1. The summed E-state index contributed by atoms with van der Waals surface area (Å²) >= 11 is 0. The summed E-state index contributed by atoms with van der Waals surface area (Å²) in [7, 11) is -8.12. The van der Waals surface area contributed by atoms with Crippen molar-refractivity contribution in [3.8, 4) is 5.75 Å². The predicted octanol–water partition coefficient (Wildman–Crippen LogP) is 4.55. The molecule has 0 spiro atoms. The Kier molecular flexibility index (Phi) is 19.9. The van der Waals surface area contributed by atoms with Crippen LogP contribution in [0.25, 0.3) is 0 Å². The third-order valence-corrected chi connectivity index (χ3v) is 14.2. The van der Waals surface area contributed by atoms with Crippen LogP contribution in [-0.4, -0.2) is 118 Å². The number of aliphatic hydroxyl groups excluding tert-OH is 1. The first kappa shape index (κ1) is 50.8. The number of sulfonamides is 1. The van der Waals surface area contributed by atoms with Crippen molar-refractivity contribution in [1.29, 1.82) is 0 Å². The lowest BCUT2D eigenvalue weighted by molar-refractivity contribution is -0.145. The number of anilines is 1. The minimum Gasteiger partial charge on any atom is -0.483 e. The van der Waals surface area contributed by atoms with Crippen LogP contribution >= 0.6 is 7.44 Å². The molecule has 2 heterocycles. The highest BCUT2D eigenvalue weighted by Crippen LogP contribution is 2.38. The molecule has 4 rings (SSSR count). The molecule has 2 saturated heterocycles. The van der Waals surface area contributed by atoms with E-state index >= 15 is 0 Å². The van der Waals surface area contributed by atoms with Crippen molar-refractivity contribution in [3.05, 3.63) is 54.1 Å². The monoisotopic (exact) mass is 911 g/mol. The Bertz CT molecular complexity index is 1860. The largest absolute Gasteiger partial charge is 0.483 e. The van der Waals surface area contributed by atoms with Gasteiger partial charge in [0.25, 0.3) is 0 Å². The van der Waals surface area contributed by atoms with E-state index in [0.29, 0.717) is 31.6 Å². The zero-order chi connectivity index (χ0) is 45.5. The molecular weight excluding hydrogens is 846 g/mol. The van der Waals surface area contributed by atoms with Gasteiger partial charge in [-0.3, -0.25) is 14.2 Å². The molecule has 62 heavy (non-hydrogen) atoms. The lowest BCUT2D eigenvalue weighted by Crippen LogP contribution is -2.51. The number of aliphatic hydroxyl groups is 1. The maximum Gasteiger partial charge on any atom is 0.407 e. The van der Waals surface area contributed by atoms with Crippen LogP contribution in [0.1, 0.15) is 79.2 Å². The Morgan fingerprint density at radius 3 is 2.06 bits per heavy atom. The van der Waals surface area contributed by atoms with E-state index in [1.807, 2.05) is 27.7 Å². The van der Waals surface area contributed by atoms with Gasteiger partial charge in [0.15, 0.2) is 12.6 Å². The summed E-state index contributed by atoms with van der Waals surface area (Å²) in [4.78, 5) is 38.5. The summed E-state index contributed by atoms with van der Waals surface area (Å²) in [5.74, 6) is -1.37. The summed E-state index contributed by atoms with van der Waals surface area (Å²) in [5.41, 5.74) is 7.16. The molecular formula is C42H66N5O13PS. The average Bonchev–Trinajstić information content (AvgIpc) is 3.85. The number of carbonyl (C=O) groups excluding carboxylic acids is 3. The fraction of sp³-hybridized carbons (Fsp3) is 0.643. The zero-order valence-corrected chi connectivity index (χ0v) is 38.4. The number of fused-ring (bicyclic) bond motifs is 1. The van der Waals surface area contributed by atoms with Gasteiger partial charge in [0.05, 0.1) is 49.4 Å². The highest BCUT2D eigenvalue weighted by molar-refractivity contribution is 7.89. The molecule has 2 fully saturated rings. The smallest absolute Gasteiger partial charge is 0.407 e. The van der Waals surface area contributed by atoms with E-state index in [1.165, 1.54) is 38.1 Å². The second-order valence-corrected chi connectivity index (χ2v) is 20.4. The van der Waals surface area contributed by atoms with E-state index < -0.39 is 78.5 Å². The first-order valence-electron chi connectivity index (χ1n) is 21.4. The summed E-state index contributed by atoms with van der Waals surface area (Å²) in [6, 6.07) is 9.30. The fourth-order valence-electron chi connectivity index (χ4n) is 6.82. The summed E-state index contributed by atoms with van der Waals surface area (Å²) in [6.45, 7) is 11.3. The molecule has 2 aromatic rings. The van der Waals surface area contributed by atoms with E-state index in [-0.39, 0.29) is 61.8 Å². The quantitative estimate of drug-likeness (QED) is 0.0286. The van der Waals surface area contributed by atoms with E-state index in [9.17, 15) is 32.5 Å². The molecule has 0 aliphatic carbocycles. The molecule has 0 aromatic heterocycles. The number of hydrogen-bond donors (Lipinski definition) is 5. The van der Waals surface area contributed by atoms with Gasteiger partial charge in [-0.25, -0.2) is 23.4 Å². The zero-order valence-electron chi connectivity index (χ0n) is 36.7.